The second kappa shape index (κ2) is 5.13. The third-order valence-electron chi connectivity index (χ3n) is 2.96. The summed E-state index contributed by atoms with van der Waals surface area (Å²) in [7, 11) is 1.23. The van der Waals surface area contributed by atoms with Crippen molar-refractivity contribution in [1.29, 1.82) is 0 Å². The van der Waals surface area contributed by atoms with E-state index in [4.69, 9.17) is 17.3 Å². The summed E-state index contributed by atoms with van der Waals surface area (Å²) < 4.78 is 20.0. The van der Waals surface area contributed by atoms with Gasteiger partial charge in [0.2, 0.25) is 0 Å². The Kier molecular flexibility index (Phi) is 3.67. The van der Waals surface area contributed by atoms with E-state index in [1.54, 1.807) is 13.8 Å². The lowest BCUT2D eigenvalue weighted by Gasteiger charge is -2.10. The molecule has 0 bridgehead atoms. The second-order valence-electron chi connectivity index (χ2n) is 4.28. The van der Waals surface area contributed by atoms with Gasteiger partial charge in [0.05, 0.1) is 29.1 Å². The summed E-state index contributed by atoms with van der Waals surface area (Å²) in [5.74, 6) is -1.24. The van der Waals surface area contributed by atoms with Crippen molar-refractivity contribution in [3.8, 4) is 5.69 Å². The van der Waals surface area contributed by atoms with Gasteiger partial charge in [-0.15, -0.1) is 0 Å². The van der Waals surface area contributed by atoms with Crippen LogP contribution in [0.15, 0.2) is 12.1 Å². The minimum absolute atomic E-state index is 0.00530. The maximum absolute atomic E-state index is 14.1. The molecule has 0 unspecified atom stereocenters. The van der Waals surface area contributed by atoms with Crippen LogP contribution in [0.25, 0.3) is 5.69 Å². The van der Waals surface area contributed by atoms with Crippen LogP contribution in [-0.2, 0) is 4.74 Å². The number of carbonyl (C=O) groups is 1. The number of methoxy groups -OCH3 is 1. The molecule has 5 nitrogen and oxygen atoms in total. The van der Waals surface area contributed by atoms with E-state index in [9.17, 15) is 9.18 Å². The molecule has 1 aromatic heterocycles. The number of nitrogens with zero attached hydrogens (tertiary/aromatic N) is 2. The number of nitrogens with two attached hydrogens (primary N) is 1. The molecule has 106 valence electrons. The van der Waals surface area contributed by atoms with Crippen LogP contribution in [0.1, 0.15) is 21.7 Å². The van der Waals surface area contributed by atoms with Gasteiger partial charge in [0.25, 0.3) is 0 Å². The van der Waals surface area contributed by atoms with E-state index in [-0.39, 0.29) is 16.9 Å². The van der Waals surface area contributed by atoms with E-state index >= 15 is 0 Å². The van der Waals surface area contributed by atoms with Crippen LogP contribution in [-0.4, -0.2) is 22.9 Å². The lowest BCUT2D eigenvalue weighted by atomic mass is 10.1. The topological polar surface area (TPSA) is 70.1 Å². The van der Waals surface area contributed by atoms with Crippen molar-refractivity contribution in [2.75, 3.05) is 12.8 Å². The molecule has 20 heavy (non-hydrogen) atoms. The number of rotatable bonds is 2. The predicted molar refractivity (Wildman–Crippen MR) is 73.8 cm³/mol. The highest BCUT2D eigenvalue weighted by atomic mass is 35.5. The number of nitrogen functional groups attached to an aromatic ring is 1. The fourth-order valence-corrected chi connectivity index (χ4v) is 2.00. The summed E-state index contributed by atoms with van der Waals surface area (Å²) in [6.07, 6.45) is 0. The van der Waals surface area contributed by atoms with Gasteiger partial charge in [0.15, 0.2) is 5.82 Å². The monoisotopic (exact) mass is 297 g/mol. The molecular weight excluding hydrogens is 285 g/mol. The number of hydrogen-bond acceptors (Lipinski definition) is 4. The van der Waals surface area contributed by atoms with E-state index in [1.165, 1.54) is 17.9 Å². The Bertz CT molecular complexity index is 697. The number of benzene rings is 1. The zero-order valence-corrected chi connectivity index (χ0v) is 12.0. The molecule has 0 aliphatic heterocycles. The Morgan fingerprint density at radius 1 is 1.45 bits per heavy atom. The first-order valence-corrected chi connectivity index (χ1v) is 6.14. The van der Waals surface area contributed by atoms with Crippen LogP contribution >= 0.6 is 11.6 Å². The van der Waals surface area contributed by atoms with E-state index < -0.39 is 11.8 Å². The Hall–Kier alpha value is -2.08. The number of aryl methyl sites for hydroxylation is 1. The number of anilines is 1. The van der Waals surface area contributed by atoms with Crippen molar-refractivity contribution >= 4 is 23.3 Å². The minimum Gasteiger partial charge on any atom is -0.465 e. The van der Waals surface area contributed by atoms with Gasteiger partial charge in [-0.1, -0.05) is 11.6 Å². The molecule has 7 heteroatoms. The van der Waals surface area contributed by atoms with Gasteiger partial charge in [-0.05, 0) is 26.0 Å². The van der Waals surface area contributed by atoms with E-state index in [1.807, 2.05) is 0 Å². The van der Waals surface area contributed by atoms with Crippen LogP contribution in [0.3, 0.4) is 0 Å². The highest BCUT2D eigenvalue weighted by molar-refractivity contribution is 6.31. The van der Waals surface area contributed by atoms with Gasteiger partial charge in [0.1, 0.15) is 5.69 Å². The van der Waals surface area contributed by atoms with Crippen LogP contribution in [0, 0.1) is 19.7 Å². The lowest BCUT2D eigenvalue weighted by Crippen LogP contribution is -2.10. The lowest BCUT2D eigenvalue weighted by molar-refractivity contribution is 0.0602. The molecule has 1 aromatic carbocycles. The molecule has 0 fully saturated rings. The van der Waals surface area contributed by atoms with Gasteiger partial charge in [-0.25, -0.2) is 13.9 Å². The average molecular weight is 298 g/mol. The minimum atomic E-state index is -0.642. The maximum Gasteiger partial charge on any atom is 0.340 e. The molecule has 0 aliphatic carbocycles. The van der Waals surface area contributed by atoms with Crippen LogP contribution in [0.4, 0.5) is 10.1 Å². The quantitative estimate of drug-likeness (QED) is 0.683. The molecule has 0 amide bonds. The number of ether oxygens (including phenoxy) is 1. The third-order valence-corrected chi connectivity index (χ3v) is 3.50. The predicted octanol–water partition coefficient (Wildman–Crippen LogP) is 2.65. The number of esters is 1. The molecule has 2 aromatic rings. The highest BCUT2D eigenvalue weighted by Gasteiger charge is 2.19. The number of aromatic nitrogens is 2. The second-order valence-corrected chi connectivity index (χ2v) is 4.66. The van der Waals surface area contributed by atoms with Gasteiger partial charge in [0, 0.05) is 5.69 Å². The van der Waals surface area contributed by atoms with Gasteiger partial charge in [-0.2, -0.15) is 5.10 Å². The molecule has 0 aliphatic rings. The molecule has 1 heterocycles. The molecule has 2 N–H and O–H groups in total. The first-order chi connectivity index (χ1) is 9.36. The summed E-state index contributed by atoms with van der Waals surface area (Å²) in [5, 5.41) is 4.59. The summed E-state index contributed by atoms with van der Waals surface area (Å²) >= 11 is 6.04. The van der Waals surface area contributed by atoms with Crippen LogP contribution < -0.4 is 5.73 Å². The SMILES string of the molecule is COC(=O)c1cc(-n2nc(C)c(Cl)c2C)c(F)cc1N. The Labute approximate surface area is 120 Å². The number of hydrogen-bond donors (Lipinski definition) is 1. The van der Waals surface area contributed by atoms with Crippen molar-refractivity contribution in [3.63, 3.8) is 0 Å². The van der Waals surface area contributed by atoms with Gasteiger partial charge < -0.3 is 10.5 Å². The Balaban J connectivity index is 2.68. The molecular formula is C13H13ClFN3O2. The van der Waals surface area contributed by atoms with Gasteiger partial charge >= 0.3 is 5.97 Å². The zero-order valence-electron chi connectivity index (χ0n) is 11.2. The van der Waals surface area contributed by atoms with Crippen molar-refractivity contribution in [3.05, 3.63) is 39.9 Å². The van der Waals surface area contributed by atoms with E-state index in [2.05, 4.69) is 9.84 Å². The van der Waals surface area contributed by atoms with Crippen molar-refractivity contribution in [1.82, 2.24) is 9.78 Å². The first kappa shape index (κ1) is 14.3. The fraction of sp³-hybridized carbons (Fsp3) is 0.231. The van der Waals surface area contributed by atoms with Crippen molar-refractivity contribution in [2.45, 2.75) is 13.8 Å². The normalized spacial score (nSPS) is 10.7. The average Bonchev–Trinajstić information content (AvgIpc) is 2.66. The van der Waals surface area contributed by atoms with E-state index in [0.717, 1.165) is 6.07 Å². The number of halogens is 2. The third kappa shape index (κ3) is 2.22. The Morgan fingerprint density at radius 3 is 2.60 bits per heavy atom. The molecule has 0 radical (unpaired) electrons. The number of carbonyl (C=O) groups excluding carboxylic acids is 1. The Morgan fingerprint density at radius 2 is 2.10 bits per heavy atom. The molecule has 2 rings (SSSR count). The largest absolute Gasteiger partial charge is 0.465 e. The smallest absolute Gasteiger partial charge is 0.340 e. The van der Waals surface area contributed by atoms with E-state index in [0.29, 0.717) is 16.4 Å². The molecule has 0 saturated heterocycles. The standard InChI is InChI=1S/C13H13ClFN3O2/c1-6-12(14)7(2)18(17-6)11-4-8(13(19)20-3)10(16)5-9(11)15/h4-5H,16H2,1-3H3. The molecule has 0 spiro atoms. The summed E-state index contributed by atoms with van der Waals surface area (Å²) in [4.78, 5) is 11.6. The van der Waals surface area contributed by atoms with Crippen molar-refractivity contribution < 1.29 is 13.9 Å². The molecule has 0 saturated carbocycles. The van der Waals surface area contributed by atoms with Gasteiger partial charge in [-0.3, -0.25) is 0 Å². The zero-order chi connectivity index (χ0) is 15.0. The summed E-state index contributed by atoms with van der Waals surface area (Å²) in [5.41, 5.74) is 6.94. The first-order valence-electron chi connectivity index (χ1n) is 5.76. The molecule has 0 atom stereocenters. The van der Waals surface area contributed by atoms with Crippen molar-refractivity contribution in [2.24, 2.45) is 0 Å². The highest BCUT2D eigenvalue weighted by Crippen LogP contribution is 2.26. The maximum atomic E-state index is 14.1. The van der Waals surface area contributed by atoms with Crippen LogP contribution in [0.5, 0.6) is 0 Å². The fourth-order valence-electron chi connectivity index (χ4n) is 1.88. The summed E-state index contributed by atoms with van der Waals surface area (Å²) in [6, 6.07) is 2.36. The van der Waals surface area contributed by atoms with Crippen LogP contribution in [0.2, 0.25) is 5.02 Å². The summed E-state index contributed by atoms with van der Waals surface area (Å²) in [6.45, 7) is 3.41.